The fourth-order valence-corrected chi connectivity index (χ4v) is 4.47. The van der Waals surface area contributed by atoms with Crippen LogP contribution in [0.25, 0.3) is 27.7 Å². The summed E-state index contributed by atoms with van der Waals surface area (Å²) in [6, 6.07) is 9.29. The average molecular weight is 401 g/mol. The summed E-state index contributed by atoms with van der Waals surface area (Å²) in [5, 5.41) is 8.17. The molecule has 1 saturated heterocycles. The molecule has 0 unspecified atom stereocenters. The number of morpholine rings is 1. The molecule has 0 amide bonds. The Bertz CT molecular complexity index is 1190. The zero-order chi connectivity index (χ0) is 19.9. The molecule has 0 bridgehead atoms. The Morgan fingerprint density at radius 1 is 0.967 bits per heavy atom. The summed E-state index contributed by atoms with van der Waals surface area (Å²) in [5.74, 6) is 0.680. The van der Waals surface area contributed by atoms with Crippen molar-refractivity contribution < 1.29 is 4.74 Å². The SMILES string of the molecule is c1cnc2cc(-c3ccn4nc(NC5CC(N6CCOCC6)C5)ncc34)ccc2n1. The Kier molecular flexibility index (Phi) is 4.32. The zero-order valence-electron chi connectivity index (χ0n) is 16.6. The molecule has 0 spiro atoms. The van der Waals surface area contributed by atoms with Crippen LogP contribution in [0, 0.1) is 0 Å². The smallest absolute Gasteiger partial charge is 0.241 e. The number of benzene rings is 1. The van der Waals surface area contributed by atoms with Crippen LogP contribution in [-0.4, -0.2) is 67.9 Å². The van der Waals surface area contributed by atoms with Gasteiger partial charge in [-0.15, -0.1) is 5.10 Å². The summed E-state index contributed by atoms with van der Waals surface area (Å²) in [6.45, 7) is 3.81. The van der Waals surface area contributed by atoms with Gasteiger partial charge in [0.2, 0.25) is 5.95 Å². The molecule has 4 heterocycles. The number of fused-ring (bicyclic) bond motifs is 2. The maximum Gasteiger partial charge on any atom is 0.241 e. The first-order valence-corrected chi connectivity index (χ1v) is 10.5. The number of anilines is 1. The van der Waals surface area contributed by atoms with Crippen LogP contribution in [0.5, 0.6) is 0 Å². The number of hydrogen-bond acceptors (Lipinski definition) is 7. The Morgan fingerprint density at radius 3 is 2.67 bits per heavy atom. The first kappa shape index (κ1) is 17.7. The minimum absolute atomic E-state index is 0.435. The molecule has 2 aliphatic rings. The fraction of sp³-hybridized carbons (Fsp3) is 0.364. The molecule has 3 aromatic heterocycles. The van der Waals surface area contributed by atoms with E-state index >= 15 is 0 Å². The standard InChI is InChI=1S/C22H23N7O/c1-2-19-20(24-5-4-23-19)11-15(1)18-3-6-29-21(18)14-25-22(27-29)26-16-12-17(13-16)28-7-9-30-10-8-28/h1-6,11,14,16-17H,7-10,12-13H2,(H,26,27). The molecule has 1 N–H and O–H groups in total. The average Bonchev–Trinajstić information content (AvgIpc) is 3.19. The number of aromatic nitrogens is 5. The molecule has 1 aliphatic carbocycles. The van der Waals surface area contributed by atoms with Gasteiger partial charge in [-0.3, -0.25) is 14.9 Å². The number of nitrogens with one attached hydrogen (secondary N) is 1. The van der Waals surface area contributed by atoms with Crippen molar-refractivity contribution in [2.24, 2.45) is 0 Å². The summed E-state index contributed by atoms with van der Waals surface area (Å²) < 4.78 is 7.34. The highest BCUT2D eigenvalue weighted by molar-refractivity contribution is 5.86. The summed E-state index contributed by atoms with van der Waals surface area (Å²) in [5.41, 5.74) is 4.92. The van der Waals surface area contributed by atoms with E-state index in [1.165, 1.54) is 0 Å². The van der Waals surface area contributed by atoms with Crippen LogP contribution in [0.15, 0.2) is 49.1 Å². The molecule has 0 radical (unpaired) electrons. The van der Waals surface area contributed by atoms with Crippen molar-refractivity contribution in [3.05, 3.63) is 49.1 Å². The molecule has 8 heteroatoms. The monoisotopic (exact) mass is 401 g/mol. The van der Waals surface area contributed by atoms with Gasteiger partial charge < -0.3 is 10.1 Å². The first-order chi connectivity index (χ1) is 14.8. The quantitative estimate of drug-likeness (QED) is 0.563. The minimum atomic E-state index is 0.435. The highest BCUT2D eigenvalue weighted by Crippen LogP contribution is 2.30. The van der Waals surface area contributed by atoms with Gasteiger partial charge in [-0.05, 0) is 36.6 Å². The minimum Gasteiger partial charge on any atom is -0.379 e. The molecular formula is C22H23N7O. The zero-order valence-corrected chi connectivity index (χ0v) is 16.6. The largest absolute Gasteiger partial charge is 0.379 e. The second kappa shape index (κ2) is 7.30. The third-order valence-electron chi connectivity index (χ3n) is 6.21. The van der Waals surface area contributed by atoms with Gasteiger partial charge in [0.1, 0.15) is 0 Å². The van der Waals surface area contributed by atoms with E-state index in [1.54, 1.807) is 12.4 Å². The second-order valence-corrected chi connectivity index (χ2v) is 8.02. The van der Waals surface area contributed by atoms with E-state index < -0.39 is 0 Å². The summed E-state index contributed by atoms with van der Waals surface area (Å²) in [6.07, 6.45) is 9.57. The molecule has 4 aromatic rings. The molecule has 6 rings (SSSR count). The summed E-state index contributed by atoms with van der Waals surface area (Å²) >= 11 is 0. The topological polar surface area (TPSA) is 80.5 Å². The van der Waals surface area contributed by atoms with Crippen molar-refractivity contribution in [2.45, 2.75) is 24.9 Å². The van der Waals surface area contributed by atoms with E-state index in [9.17, 15) is 0 Å². The molecule has 0 atom stereocenters. The van der Waals surface area contributed by atoms with Crippen LogP contribution in [0.4, 0.5) is 5.95 Å². The van der Waals surface area contributed by atoms with Gasteiger partial charge in [0.05, 0.1) is 36.0 Å². The maximum atomic E-state index is 5.45. The van der Waals surface area contributed by atoms with Crippen LogP contribution in [0.3, 0.4) is 0 Å². The van der Waals surface area contributed by atoms with E-state index in [1.807, 2.05) is 23.0 Å². The lowest BCUT2D eigenvalue weighted by molar-refractivity contribution is -0.00443. The predicted molar refractivity (Wildman–Crippen MR) is 114 cm³/mol. The maximum absolute atomic E-state index is 5.45. The van der Waals surface area contributed by atoms with Crippen LogP contribution in [0.2, 0.25) is 0 Å². The summed E-state index contributed by atoms with van der Waals surface area (Å²) in [7, 11) is 0. The van der Waals surface area contributed by atoms with Gasteiger partial charge in [-0.1, -0.05) is 6.07 Å². The molecular weight excluding hydrogens is 378 g/mol. The van der Waals surface area contributed by atoms with Crippen molar-refractivity contribution in [3.8, 4) is 11.1 Å². The molecule has 1 aliphatic heterocycles. The first-order valence-electron chi connectivity index (χ1n) is 10.5. The van der Waals surface area contributed by atoms with Crippen molar-refractivity contribution in [2.75, 3.05) is 31.6 Å². The molecule has 30 heavy (non-hydrogen) atoms. The third kappa shape index (κ3) is 3.18. The van der Waals surface area contributed by atoms with Crippen molar-refractivity contribution in [3.63, 3.8) is 0 Å². The van der Waals surface area contributed by atoms with Crippen LogP contribution >= 0.6 is 0 Å². The van der Waals surface area contributed by atoms with Gasteiger partial charge in [-0.25, -0.2) is 9.50 Å². The lowest BCUT2D eigenvalue weighted by atomic mass is 9.85. The van der Waals surface area contributed by atoms with E-state index in [0.717, 1.165) is 66.8 Å². The molecule has 1 aromatic carbocycles. The van der Waals surface area contributed by atoms with Gasteiger partial charge in [-0.2, -0.15) is 0 Å². The molecule has 1 saturated carbocycles. The van der Waals surface area contributed by atoms with Crippen LogP contribution in [-0.2, 0) is 4.74 Å². The molecule has 8 nitrogen and oxygen atoms in total. The number of rotatable bonds is 4. The predicted octanol–water partition coefficient (Wildman–Crippen LogP) is 2.61. The van der Waals surface area contributed by atoms with Gasteiger partial charge in [0.15, 0.2) is 0 Å². The van der Waals surface area contributed by atoms with E-state index in [-0.39, 0.29) is 0 Å². The lowest BCUT2D eigenvalue weighted by Gasteiger charge is -2.44. The highest BCUT2D eigenvalue weighted by Gasteiger charge is 2.34. The highest BCUT2D eigenvalue weighted by atomic mass is 16.5. The van der Waals surface area contributed by atoms with Crippen molar-refractivity contribution >= 4 is 22.5 Å². The van der Waals surface area contributed by atoms with E-state index in [4.69, 9.17) is 4.74 Å². The van der Waals surface area contributed by atoms with E-state index in [0.29, 0.717) is 18.0 Å². The third-order valence-corrected chi connectivity index (χ3v) is 6.21. The Morgan fingerprint density at radius 2 is 1.80 bits per heavy atom. The van der Waals surface area contributed by atoms with Crippen molar-refractivity contribution in [1.82, 2.24) is 29.5 Å². The van der Waals surface area contributed by atoms with Crippen molar-refractivity contribution in [1.29, 1.82) is 0 Å². The number of hydrogen-bond donors (Lipinski definition) is 1. The normalized spacial score (nSPS) is 22.3. The summed E-state index contributed by atoms with van der Waals surface area (Å²) in [4.78, 5) is 15.9. The van der Waals surface area contributed by atoms with Gasteiger partial charge in [0, 0.05) is 49.3 Å². The Hall–Kier alpha value is -3.10. The van der Waals surface area contributed by atoms with E-state index in [2.05, 4.69) is 48.5 Å². The molecule has 2 fully saturated rings. The lowest BCUT2D eigenvalue weighted by Crippen LogP contribution is -2.53. The van der Waals surface area contributed by atoms with Gasteiger partial charge in [0.25, 0.3) is 0 Å². The van der Waals surface area contributed by atoms with Crippen LogP contribution < -0.4 is 5.32 Å². The fourth-order valence-electron chi connectivity index (χ4n) is 4.47. The molecule has 152 valence electrons. The number of nitrogens with zero attached hydrogens (tertiary/aromatic N) is 6. The Balaban J connectivity index is 1.18. The Labute approximate surface area is 173 Å². The second-order valence-electron chi connectivity index (χ2n) is 8.02. The van der Waals surface area contributed by atoms with Crippen LogP contribution in [0.1, 0.15) is 12.8 Å². The van der Waals surface area contributed by atoms with Gasteiger partial charge >= 0.3 is 0 Å². The number of ether oxygens (including phenoxy) is 1.